The summed E-state index contributed by atoms with van der Waals surface area (Å²) in [5, 5.41) is 0. The molecule has 1 aromatic rings. The summed E-state index contributed by atoms with van der Waals surface area (Å²) >= 11 is 0. The quantitative estimate of drug-likeness (QED) is 0.523. The van der Waals surface area contributed by atoms with Gasteiger partial charge in [0.2, 0.25) is 0 Å². The van der Waals surface area contributed by atoms with Gasteiger partial charge in [0.25, 0.3) is 0 Å². The van der Waals surface area contributed by atoms with Crippen LogP contribution in [0.25, 0.3) is 0 Å². The average Bonchev–Trinajstić information content (AvgIpc) is 2.01. The molecule has 1 heteroatoms. The van der Waals surface area contributed by atoms with Crippen LogP contribution in [0.4, 0.5) is 0 Å². The summed E-state index contributed by atoms with van der Waals surface area (Å²) in [6.45, 7) is 0. The second-order valence-corrected chi connectivity index (χ2v) is 1.73. The Morgan fingerprint density at radius 3 is 2.40 bits per heavy atom. The Morgan fingerprint density at radius 1 is 0.800 bits per heavy atom. The molecule has 0 spiro atoms. The molecule has 1 aromatic heterocycles. The number of aromatic nitrogens is 1. The molecule has 0 saturated carbocycles. The van der Waals surface area contributed by atoms with Crippen molar-refractivity contribution in [3.63, 3.8) is 0 Å². The van der Waals surface area contributed by atoms with E-state index in [2.05, 4.69) is 11.2 Å². The lowest BCUT2D eigenvalue weighted by Gasteiger charge is -1.69. The lowest BCUT2D eigenvalue weighted by molar-refractivity contribution is 1.34. The van der Waals surface area contributed by atoms with Gasteiger partial charge >= 0.3 is 0 Å². The van der Waals surface area contributed by atoms with E-state index in [1.807, 2.05) is 36.4 Å². The first-order valence-corrected chi connectivity index (χ1v) is 3.10. The summed E-state index contributed by atoms with van der Waals surface area (Å²) in [7, 11) is 0. The molecule has 0 atom stereocenters. The Kier molecular flexibility index (Phi) is 3.04. The first-order chi connectivity index (χ1) is 5.00. The highest BCUT2D eigenvalue weighted by Crippen LogP contribution is 1.76. The van der Waals surface area contributed by atoms with Crippen molar-refractivity contribution in [2.45, 2.75) is 0 Å². The molecular formula is C9H8N. The second kappa shape index (κ2) is 4.50. The number of hydrogen-bond acceptors (Lipinski definition) is 1. The van der Waals surface area contributed by atoms with E-state index in [0.717, 1.165) is 0 Å². The third kappa shape index (κ3) is 2.82. The van der Waals surface area contributed by atoms with Crippen molar-refractivity contribution >= 4 is 0 Å². The van der Waals surface area contributed by atoms with E-state index >= 15 is 0 Å². The van der Waals surface area contributed by atoms with Crippen molar-refractivity contribution in [3.8, 4) is 0 Å². The lowest BCUT2D eigenvalue weighted by atomic mass is 10.4. The van der Waals surface area contributed by atoms with Crippen LogP contribution in [0.3, 0.4) is 0 Å². The van der Waals surface area contributed by atoms with Gasteiger partial charge in [-0.1, -0.05) is 30.3 Å². The Labute approximate surface area is 60.7 Å². The van der Waals surface area contributed by atoms with Crippen molar-refractivity contribution < 1.29 is 0 Å². The zero-order valence-corrected chi connectivity index (χ0v) is 5.57. The van der Waals surface area contributed by atoms with Gasteiger partial charge in [0.1, 0.15) is 0 Å². The third-order valence-electron chi connectivity index (χ3n) is 0.961. The van der Waals surface area contributed by atoms with E-state index in [1.54, 1.807) is 12.3 Å². The summed E-state index contributed by atoms with van der Waals surface area (Å²) in [6.07, 6.45) is 4.42. The molecule has 10 heavy (non-hydrogen) atoms. The highest BCUT2D eigenvalue weighted by molar-refractivity contribution is 4.93. The Bertz CT molecular complexity index is 144. The van der Waals surface area contributed by atoms with Gasteiger partial charge in [-0.15, -0.1) is 0 Å². The summed E-state index contributed by atoms with van der Waals surface area (Å²) in [4.78, 5) is 3.83. The summed E-state index contributed by atoms with van der Waals surface area (Å²) in [5.74, 6) is 0. The number of nitrogens with zero attached hydrogens (tertiary/aromatic N) is 1. The van der Waals surface area contributed by atoms with Gasteiger partial charge in [0.15, 0.2) is 0 Å². The van der Waals surface area contributed by atoms with Crippen molar-refractivity contribution in [2.24, 2.45) is 0 Å². The van der Waals surface area contributed by atoms with E-state index in [0.29, 0.717) is 0 Å². The zero-order valence-electron chi connectivity index (χ0n) is 5.57. The lowest BCUT2D eigenvalue weighted by Crippen LogP contribution is -1.57. The first kappa shape index (κ1) is 6.75. The van der Waals surface area contributed by atoms with Gasteiger partial charge in [-0.3, -0.25) is 4.98 Å². The summed E-state index contributed by atoms with van der Waals surface area (Å²) in [5.41, 5.74) is 0. The highest BCUT2D eigenvalue weighted by Gasteiger charge is 1.59. The second-order valence-electron chi connectivity index (χ2n) is 1.73. The fraction of sp³-hybridized carbons (Fsp3) is 0. The van der Waals surface area contributed by atoms with Crippen molar-refractivity contribution in [2.75, 3.05) is 0 Å². The molecule has 1 heterocycles. The molecule has 0 aliphatic carbocycles. The molecule has 49 valence electrons. The van der Waals surface area contributed by atoms with E-state index in [4.69, 9.17) is 0 Å². The number of hydrogen-bond donors (Lipinski definition) is 0. The van der Waals surface area contributed by atoms with Crippen LogP contribution in [-0.2, 0) is 0 Å². The minimum atomic E-state index is 1.69. The van der Waals surface area contributed by atoms with Crippen LogP contribution < -0.4 is 0 Å². The minimum Gasteiger partial charge on any atom is -0.255 e. The summed E-state index contributed by atoms with van der Waals surface area (Å²) in [6, 6.07) is 13.2. The van der Waals surface area contributed by atoms with Crippen LogP contribution in [0.5, 0.6) is 0 Å². The standard InChI is InChI=1S/C9H8N/c1-2-4-6-8-10-9-7-5-3-1/h1-8H. The molecule has 1 radical (unpaired) electrons. The van der Waals surface area contributed by atoms with Crippen LogP contribution in [0.1, 0.15) is 0 Å². The van der Waals surface area contributed by atoms with Gasteiger partial charge in [-0.2, -0.15) is 0 Å². The maximum Gasteiger partial charge on any atom is 0.0886 e. The fourth-order valence-electron chi connectivity index (χ4n) is 0.534. The maximum absolute atomic E-state index is 3.83. The molecule has 0 fully saturated rings. The minimum absolute atomic E-state index is 1.69. The summed E-state index contributed by atoms with van der Waals surface area (Å²) < 4.78 is 0. The van der Waals surface area contributed by atoms with E-state index in [-0.39, 0.29) is 0 Å². The molecule has 0 N–H and O–H groups in total. The fourth-order valence-corrected chi connectivity index (χ4v) is 0.534. The number of rotatable bonds is 0. The van der Waals surface area contributed by atoms with Crippen LogP contribution in [-0.4, -0.2) is 4.98 Å². The van der Waals surface area contributed by atoms with Gasteiger partial charge in [-0.25, -0.2) is 0 Å². The maximum atomic E-state index is 3.83. The Morgan fingerprint density at radius 2 is 1.50 bits per heavy atom. The zero-order chi connectivity index (χ0) is 7.07. The predicted octanol–water partition coefficient (Wildman–Crippen LogP) is 2.01. The van der Waals surface area contributed by atoms with Crippen molar-refractivity contribution in [3.05, 3.63) is 54.9 Å². The molecule has 0 unspecified atom stereocenters. The van der Waals surface area contributed by atoms with E-state index in [9.17, 15) is 0 Å². The van der Waals surface area contributed by atoms with Gasteiger partial charge in [0, 0.05) is 6.20 Å². The monoisotopic (exact) mass is 130 g/mol. The van der Waals surface area contributed by atoms with Crippen molar-refractivity contribution in [1.82, 2.24) is 4.98 Å². The van der Waals surface area contributed by atoms with Crippen LogP contribution in [0.15, 0.2) is 48.7 Å². The smallest absolute Gasteiger partial charge is 0.0886 e. The molecular weight excluding hydrogens is 122 g/mol. The van der Waals surface area contributed by atoms with Crippen LogP contribution in [0.2, 0.25) is 0 Å². The normalized spacial score (nSPS) is 8.00. The van der Waals surface area contributed by atoms with Gasteiger partial charge < -0.3 is 0 Å². The van der Waals surface area contributed by atoms with E-state index in [1.165, 1.54) is 0 Å². The SMILES string of the molecule is [c]1ccccccccn1. The Balaban J connectivity index is 3.00. The third-order valence-corrected chi connectivity index (χ3v) is 0.961. The molecule has 0 aliphatic heterocycles. The molecule has 0 aromatic carbocycles. The molecule has 1 rings (SSSR count). The average molecular weight is 130 g/mol. The molecule has 0 aliphatic rings. The molecule has 0 saturated heterocycles. The molecule has 0 bridgehead atoms. The van der Waals surface area contributed by atoms with Gasteiger partial charge in [-0.05, 0) is 12.1 Å². The first-order valence-electron chi connectivity index (χ1n) is 3.10. The molecule has 0 amide bonds. The highest BCUT2D eigenvalue weighted by atomic mass is 14.6. The van der Waals surface area contributed by atoms with Gasteiger partial charge in [0.05, 0.1) is 6.20 Å². The van der Waals surface area contributed by atoms with Crippen LogP contribution in [0, 0.1) is 6.20 Å². The molecule has 1 nitrogen and oxygen atoms in total. The predicted molar refractivity (Wildman–Crippen MR) is 40.7 cm³/mol. The van der Waals surface area contributed by atoms with E-state index < -0.39 is 0 Å². The topological polar surface area (TPSA) is 12.9 Å². The Hall–Kier alpha value is -1.37. The van der Waals surface area contributed by atoms with Crippen molar-refractivity contribution in [1.29, 1.82) is 0 Å². The largest absolute Gasteiger partial charge is 0.255 e. The van der Waals surface area contributed by atoms with Crippen LogP contribution >= 0.6 is 0 Å².